The first-order valence-corrected chi connectivity index (χ1v) is 9.72. The second-order valence-electron chi connectivity index (χ2n) is 5.69. The van der Waals surface area contributed by atoms with Crippen LogP contribution in [0.3, 0.4) is 0 Å². The van der Waals surface area contributed by atoms with E-state index < -0.39 is 49.3 Å². The van der Waals surface area contributed by atoms with Gasteiger partial charge in [0.25, 0.3) is 0 Å². The van der Waals surface area contributed by atoms with Gasteiger partial charge in [-0.1, -0.05) is 11.6 Å². The van der Waals surface area contributed by atoms with Crippen LogP contribution in [-0.2, 0) is 20.8 Å². The highest BCUT2D eigenvalue weighted by Crippen LogP contribution is 2.33. The van der Waals surface area contributed by atoms with Crippen LogP contribution >= 0.6 is 11.6 Å². The molecule has 3 N–H and O–H groups in total. The van der Waals surface area contributed by atoms with Gasteiger partial charge in [-0.2, -0.15) is 13.2 Å². The van der Waals surface area contributed by atoms with Gasteiger partial charge in [-0.25, -0.2) is 13.4 Å². The maximum Gasteiger partial charge on any atom is 0.416 e. The van der Waals surface area contributed by atoms with E-state index in [1.165, 1.54) is 25.3 Å². The first kappa shape index (κ1) is 21.9. The Morgan fingerprint density at radius 1 is 1.32 bits per heavy atom. The maximum absolute atomic E-state index is 12.7. The van der Waals surface area contributed by atoms with Crippen LogP contribution in [0.5, 0.6) is 5.75 Å². The third-order valence-electron chi connectivity index (χ3n) is 3.60. The minimum Gasteiger partial charge on any atom is -0.504 e. The summed E-state index contributed by atoms with van der Waals surface area (Å²) in [5.74, 6) is -1.80. The summed E-state index contributed by atoms with van der Waals surface area (Å²) in [6.07, 6.45) is -3.32. The molecule has 1 heterocycles. The molecule has 28 heavy (non-hydrogen) atoms. The lowest BCUT2D eigenvalue weighted by Gasteiger charge is -2.15. The summed E-state index contributed by atoms with van der Waals surface area (Å²) < 4.78 is 62.7. The molecule has 1 aromatic heterocycles. The largest absolute Gasteiger partial charge is 0.504 e. The van der Waals surface area contributed by atoms with Crippen LogP contribution in [0, 0.1) is 0 Å². The Labute approximate surface area is 163 Å². The number of rotatable bonds is 6. The van der Waals surface area contributed by atoms with Gasteiger partial charge in [0.05, 0.1) is 21.5 Å². The molecule has 2 rings (SSSR count). The van der Waals surface area contributed by atoms with Crippen molar-refractivity contribution in [2.45, 2.75) is 24.0 Å². The van der Waals surface area contributed by atoms with Gasteiger partial charge in [0.2, 0.25) is 5.91 Å². The van der Waals surface area contributed by atoms with Crippen molar-refractivity contribution in [1.82, 2.24) is 10.3 Å². The molecule has 0 spiro atoms. The highest BCUT2D eigenvalue weighted by molar-refractivity contribution is 7.91. The number of hydrogen-bond donors (Lipinski definition) is 3. The molecule has 0 aliphatic heterocycles. The van der Waals surface area contributed by atoms with Crippen LogP contribution < -0.4 is 10.6 Å². The predicted molar refractivity (Wildman–Crippen MR) is 95.6 cm³/mol. The van der Waals surface area contributed by atoms with E-state index in [0.29, 0.717) is 12.1 Å². The second-order valence-corrected chi connectivity index (χ2v) is 8.05. The fourth-order valence-electron chi connectivity index (χ4n) is 2.05. The molecule has 1 aromatic carbocycles. The number of pyridine rings is 1. The van der Waals surface area contributed by atoms with Crippen molar-refractivity contribution >= 4 is 33.2 Å². The first-order valence-electron chi connectivity index (χ1n) is 7.69. The van der Waals surface area contributed by atoms with Gasteiger partial charge in [0, 0.05) is 6.20 Å². The molecule has 2 aromatic rings. The summed E-state index contributed by atoms with van der Waals surface area (Å²) in [5.41, 5.74) is -1.08. The molecule has 7 nitrogen and oxygen atoms in total. The molecule has 0 fully saturated rings. The van der Waals surface area contributed by atoms with E-state index in [1.54, 1.807) is 0 Å². The van der Waals surface area contributed by atoms with Gasteiger partial charge < -0.3 is 10.4 Å². The number of amides is 1. The summed E-state index contributed by atoms with van der Waals surface area (Å²) in [6, 6.07) is 3.63. The molecule has 0 bridgehead atoms. The van der Waals surface area contributed by atoms with Gasteiger partial charge >= 0.3 is 6.18 Å². The molecular weight excluding hydrogens is 423 g/mol. The van der Waals surface area contributed by atoms with Gasteiger partial charge in [-0.05, 0) is 37.3 Å². The van der Waals surface area contributed by atoms with Crippen molar-refractivity contribution in [2.24, 2.45) is 0 Å². The number of aromatic nitrogens is 1. The van der Waals surface area contributed by atoms with Crippen molar-refractivity contribution in [3.05, 3.63) is 47.1 Å². The van der Waals surface area contributed by atoms with E-state index in [9.17, 15) is 31.5 Å². The van der Waals surface area contributed by atoms with Crippen LogP contribution in [0.2, 0.25) is 5.02 Å². The highest BCUT2D eigenvalue weighted by atomic mass is 35.5. The topological polar surface area (TPSA) is 108 Å². The molecule has 152 valence electrons. The Hall–Kier alpha value is -2.37. The van der Waals surface area contributed by atoms with Crippen LogP contribution in [0.15, 0.2) is 41.4 Å². The lowest BCUT2D eigenvalue weighted by molar-refractivity contribution is -0.137. The van der Waals surface area contributed by atoms with Crippen LogP contribution in [0.4, 0.5) is 19.0 Å². The summed E-state index contributed by atoms with van der Waals surface area (Å²) >= 11 is 5.70. The van der Waals surface area contributed by atoms with Gasteiger partial charge in [0.1, 0.15) is 5.88 Å². The van der Waals surface area contributed by atoms with Crippen molar-refractivity contribution in [2.75, 3.05) is 11.2 Å². The number of halogens is 4. The maximum atomic E-state index is 12.7. The summed E-state index contributed by atoms with van der Waals surface area (Å²) in [5, 5.41) is 13.7. The normalized spacial score (nSPS) is 13.2. The van der Waals surface area contributed by atoms with Gasteiger partial charge in [-0.3, -0.25) is 10.1 Å². The van der Waals surface area contributed by atoms with Crippen molar-refractivity contribution in [3.63, 3.8) is 0 Å². The number of alkyl halides is 3. The lowest BCUT2D eigenvalue weighted by atomic mass is 10.2. The average Bonchev–Trinajstić information content (AvgIpc) is 2.60. The molecule has 1 amide bonds. The Morgan fingerprint density at radius 2 is 2.00 bits per heavy atom. The highest BCUT2D eigenvalue weighted by Gasteiger charge is 2.32. The number of nitrogens with one attached hydrogen (secondary N) is 2. The van der Waals surface area contributed by atoms with Gasteiger partial charge in [-0.15, -0.1) is 0 Å². The van der Waals surface area contributed by atoms with Crippen LogP contribution in [0.1, 0.15) is 12.5 Å². The number of anilines is 1. The fourth-order valence-corrected chi connectivity index (χ4v) is 3.84. The molecule has 0 saturated carbocycles. The molecule has 0 radical (unpaired) electrons. The van der Waals surface area contributed by atoms with E-state index in [2.05, 4.69) is 15.6 Å². The van der Waals surface area contributed by atoms with Crippen molar-refractivity contribution in [1.29, 1.82) is 0 Å². The van der Waals surface area contributed by atoms with Crippen LogP contribution in [0.25, 0.3) is 0 Å². The van der Waals surface area contributed by atoms with Crippen molar-refractivity contribution in [3.8, 4) is 5.75 Å². The van der Waals surface area contributed by atoms with Crippen molar-refractivity contribution < 1.29 is 31.5 Å². The minimum atomic E-state index is -4.66. The van der Waals surface area contributed by atoms with E-state index in [-0.39, 0.29) is 11.6 Å². The Kier molecular flexibility index (Phi) is 6.52. The van der Waals surface area contributed by atoms with E-state index in [4.69, 9.17) is 11.6 Å². The molecular formula is C16H15ClF3N3O4S. The summed E-state index contributed by atoms with van der Waals surface area (Å²) in [6.45, 7) is 1.36. The molecule has 0 aliphatic carbocycles. The second kappa shape index (κ2) is 8.33. The van der Waals surface area contributed by atoms with E-state index in [1.807, 2.05) is 0 Å². The standard InChI is InChI=1S/C16H15ClF3N3O4S/c1-9(15(25)23-14-12(24)3-2-6-21-14)22-8-28(26,27)13-5-4-10(7-11(13)17)16(18,19)20/h2-7,9,22,24H,8H2,1H3,(H,21,23,25). The molecule has 0 saturated heterocycles. The minimum absolute atomic E-state index is 0.102. The van der Waals surface area contributed by atoms with Gasteiger partial charge in [0.15, 0.2) is 21.4 Å². The average molecular weight is 438 g/mol. The zero-order chi connectivity index (χ0) is 21.1. The molecule has 1 atom stereocenters. The first-order chi connectivity index (χ1) is 12.9. The smallest absolute Gasteiger partial charge is 0.416 e. The number of aromatic hydroxyl groups is 1. The zero-order valence-corrected chi connectivity index (χ0v) is 15.9. The zero-order valence-electron chi connectivity index (χ0n) is 14.3. The summed E-state index contributed by atoms with van der Waals surface area (Å²) in [7, 11) is -4.12. The predicted octanol–water partition coefficient (Wildman–Crippen LogP) is 2.81. The van der Waals surface area contributed by atoms with E-state index in [0.717, 1.165) is 6.07 Å². The molecule has 0 aliphatic rings. The fraction of sp³-hybridized carbons (Fsp3) is 0.250. The number of carbonyl (C=O) groups excluding carboxylic acids is 1. The Bertz CT molecular complexity index is 983. The third-order valence-corrected chi connectivity index (χ3v) is 5.59. The Balaban J connectivity index is 2.06. The number of benzene rings is 1. The molecule has 1 unspecified atom stereocenters. The number of sulfone groups is 1. The lowest BCUT2D eigenvalue weighted by Crippen LogP contribution is -2.40. The third kappa shape index (κ3) is 5.33. The Morgan fingerprint density at radius 3 is 2.57 bits per heavy atom. The SMILES string of the molecule is CC(NCS(=O)(=O)c1ccc(C(F)(F)F)cc1Cl)C(=O)Nc1ncccc1O. The number of carbonyl (C=O) groups is 1. The quantitative estimate of drug-likeness (QED) is 0.641. The van der Waals surface area contributed by atoms with Crippen LogP contribution in [-0.4, -0.2) is 36.3 Å². The number of hydrogen-bond acceptors (Lipinski definition) is 6. The molecule has 12 heteroatoms. The summed E-state index contributed by atoms with van der Waals surface area (Å²) in [4.78, 5) is 15.3. The monoisotopic (exact) mass is 437 g/mol. The van der Waals surface area contributed by atoms with E-state index >= 15 is 0 Å². The number of nitrogens with zero attached hydrogens (tertiary/aromatic N) is 1.